The van der Waals surface area contributed by atoms with Gasteiger partial charge in [0.25, 0.3) is 0 Å². The highest BCUT2D eigenvalue weighted by Crippen LogP contribution is 2.28. The first-order chi connectivity index (χ1) is 9.01. The second kappa shape index (κ2) is 5.55. The van der Waals surface area contributed by atoms with Crippen molar-refractivity contribution in [2.24, 2.45) is 5.41 Å². The van der Waals surface area contributed by atoms with Crippen LogP contribution in [0, 0.1) is 23.7 Å². The molecule has 1 aromatic carbocycles. The lowest BCUT2D eigenvalue weighted by Gasteiger charge is -2.34. The van der Waals surface area contributed by atoms with Crippen molar-refractivity contribution in [3.63, 3.8) is 0 Å². The minimum Gasteiger partial charge on any atom is -0.207 e. The maximum Gasteiger partial charge on any atom is 0.243 e. The van der Waals surface area contributed by atoms with Crippen LogP contribution in [0.2, 0.25) is 0 Å². The number of rotatable bonds is 3. The smallest absolute Gasteiger partial charge is 0.207 e. The van der Waals surface area contributed by atoms with E-state index in [1.54, 1.807) is 26.1 Å². The van der Waals surface area contributed by atoms with E-state index in [0.717, 1.165) is 0 Å². The van der Waals surface area contributed by atoms with E-state index in [1.807, 2.05) is 33.8 Å². The summed E-state index contributed by atoms with van der Waals surface area (Å²) in [7, 11) is -1.95. The molecule has 0 fully saturated rings. The van der Waals surface area contributed by atoms with Crippen LogP contribution in [0.25, 0.3) is 0 Å². The van der Waals surface area contributed by atoms with Gasteiger partial charge in [-0.2, -0.15) is 9.57 Å². The molecule has 0 aliphatic rings. The van der Waals surface area contributed by atoms with Crippen molar-refractivity contribution in [2.45, 2.75) is 45.6 Å². The predicted molar refractivity (Wildman–Crippen MR) is 79.8 cm³/mol. The van der Waals surface area contributed by atoms with E-state index < -0.39 is 10.0 Å². The van der Waals surface area contributed by atoms with Gasteiger partial charge >= 0.3 is 0 Å². The Balaban J connectivity index is 3.25. The lowest BCUT2D eigenvalue weighted by atomic mass is 9.88. The molecule has 0 spiro atoms. The average molecular weight is 294 g/mol. The van der Waals surface area contributed by atoms with Gasteiger partial charge in [0.1, 0.15) is 0 Å². The summed E-state index contributed by atoms with van der Waals surface area (Å²) >= 11 is 0. The summed E-state index contributed by atoms with van der Waals surface area (Å²) in [6.45, 7) is 9.66. The Kier molecular flexibility index (Phi) is 4.62. The van der Waals surface area contributed by atoms with Crippen LogP contribution in [-0.2, 0) is 10.0 Å². The number of nitrogens with zero attached hydrogens (tertiary/aromatic N) is 2. The predicted octanol–water partition coefficient (Wildman–Crippen LogP) is 2.92. The van der Waals surface area contributed by atoms with Crippen molar-refractivity contribution in [1.29, 1.82) is 5.26 Å². The number of aryl methyl sites for hydroxylation is 1. The lowest BCUT2D eigenvalue weighted by molar-refractivity contribution is 0.216. The molecule has 0 amide bonds. The third-order valence-electron chi connectivity index (χ3n) is 3.79. The number of hydrogen-bond donors (Lipinski definition) is 0. The van der Waals surface area contributed by atoms with Crippen LogP contribution < -0.4 is 0 Å². The Morgan fingerprint density at radius 1 is 1.30 bits per heavy atom. The van der Waals surface area contributed by atoms with Gasteiger partial charge in [-0.1, -0.05) is 20.8 Å². The van der Waals surface area contributed by atoms with E-state index in [-0.39, 0.29) is 16.4 Å². The molecule has 4 nitrogen and oxygen atoms in total. The summed E-state index contributed by atoms with van der Waals surface area (Å²) in [4.78, 5) is 0.229. The Morgan fingerprint density at radius 3 is 2.25 bits per heavy atom. The average Bonchev–Trinajstić information content (AvgIpc) is 2.35. The van der Waals surface area contributed by atoms with Crippen molar-refractivity contribution in [2.75, 3.05) is 7.05 Å². The molecule has 0 bridgehead atoms. The summed E-state index contributed by atoms with van der Waals surface area (Å²) < 4.78 is 26.6. The molecular weight excluding hydrogens is 272 g/mol. The van der Waals surface area contributed by atoms with Gasteiger partial charge in [-0.25, -0.2) is 8.42 Å². The normalized spacial score (nSPS) is 14.1. The van der Waals surface area contributed by atoms with Gasteiger partial charge in [-0.05, 0) is 43.0 Å². The zero-order valence-corrected chi connectivity index (χ0v) is 13.7. The monoisotopic (exact) mass is 294 g/mol. The van der Waals surface area contributed by atoms with Gasteiger partial charge in [-0.15, -0.1) is 0 Å². The van der Waals surface area contributed by atoms with Crippen molar-refractivity contribution in [1.82, 2.24) is 4.31 Å². The summed E-state index contributed by atoms with van der Waals surface area (Å²) in [6, 6.07) is 6.51. The number of hydrogen-bond acceptors (Lipinski definition) is 3. The van der Waals surface area contributed by atoms with E-state index in [9.17, 15) is 8.42 Å². The van der Waals surface area contributed by atoms with E-state index in [4.69, 9.17) is 5.26 Å². The molecule has 0 aliphatic heterocycles. The minimum absolute atomic E-state index is 0.136. The molecule has 0 saturated carbocycles. The molecule has 1 rings (SSSR count). The van der Waals surface area contributed by atoms with E-state index in [1.165, 1.54) is 10.4 Å². The van der Waals surface area contributed by atoms with Crippen LogP contribution in [0.1, 0.15) is 38.8 Å². The zero-order chi connectivity index (χ0) is 15.7. The maximum atomic E-state index is 12.6. The number of sulfonamides is 1. The topological polar surface area (TPSA) is 61.2 Å². The van der Waals surface area contributed by atoms with Crippen LogP contribution in [0.3, 0.4) is 0 Å². The van der Waals surface area contributed by atoms with E-state index in [2.05, 4.69) is 0 Å². The van der Waals surface area contributed by atoms with Crippen molar-refractivity contribution < 1.29 is 8.42 Å². The quantitative estimate of drug-likeness (QED) is 0.861. The van der Waals surface area contributed by atoms with E-state index >= 15 is 0 Å². The number of nitriles is 1. The van der Waals surface area contributed by atoms with Crippen LogP contribution in [0.4, 0.5) is 0 Å². The van der Waals surface area contributed by atoms with Gasteiger partial charge in [0.2, 0.25) is 10.0 Å². The molecule has 110 valence electrons. The van der Waals surface area contributed by atoms with Crippen LogP contribution in [0.15, 0.2) is 23.1 Å². The SMILES string of the molecule is Cc1cc(S(=O)(=O)N(C)C(C)C(C)(C)C)ccc1C#N. The number of benzene rings is 1. The molecule has 1 aromatic rings. The molecule has 0 aliphatic carbocycles. The Labute approximate surface area is 122 Å². The first-order valence-electron chi connectivity index (χ1n) is 6.50. The fourth-order valence-electron chi connectivity index (χ4n) is 1.84. The zero-order valence-electron chi connectivity index (χ0n) is 12.9. The molecular formula is C15H22N2O2S. The van der Waals surface area contributed by atoms with Crippen LogP contribution in [-0.4, -0.2) is 25.8 Å². The molecule has 0 aromatic heterocycles. The molecule has 0 N–H and O–H groups in total. The summed E-state index contributed by atoms with van der Waals surface area (Å²) in [6.07, 6.45) is 0. The lowest BCUT2D eigenvalue weighted by Crippen LogP contribution is -2.42. The molecule has 1 unspecified atom stereocenters. The van der Waals surface area contributed by atoms with E-state index in [0.29, 0.717) is 11.1 Å². The Bertz CT molecular complexity index is 637. The summed E-state index contributed by atoms with van der Waals surface area (Å²) in [5, 5.41) is 8.91. The maximum absolute atomic E-state index is 12.6. The van der Waals surface area contributed by atoms with Gasteiger partial charge in [0, 0.05) is 13.1 Å². The first kappa shape index (κ1) is 16.7. The molecule has 1 atom stereocenters. The standard InChI is InChI=1S/C15H22N2O2S/c1-11-9-14(8-7-13(11)10-16)20(18,19)17(6)12(2)15(3,4)5/h7-9,12H,1-6H3. The largest absolute Gasteiger partial charge is 0.243 e. The summed E-state index contributed by atoms with van der Waals surface area (Å²) in [5.41, 5.74) is 1.02. The fraction of sp³-hybridized carbons (Fsp3) is 0.533. The van der Waals surface area contributed by atoms with Crippen LogP contribution in [0.5, 0.6) is 0 Å². The Hall–Kier alpha value is -1.38. The third kappa shape index (κ3) is 3.20. The van der Waals surface area contributed by atoms with Crippen molar-refractivity contribution in [3.05, 3.63) is 29.3 Å². The molecule has 0 radical (unpaired) electrons. The van der Waals surface area contributed by atoms with Gasteiger partial charge < -0.3 is 0 Å². The van der Waals surface area contributed by atoms with Gasteiger partial charge in [-0.3, -0.25) is 0 Å². The van der Waals surface area contributed by atoms with Crippen molar-refractivity contribution in [3.8, 4) is 6.07 Å². The molecule has 20 heavy (non-hydrogen) atoms. The molecule has 0 heterocycles. The molecule has 0 saturated heterocycles. The van der Waals surface area contributed by atoms with Crippen molar-refractivity contribution >= 4 is 10.0 Å². The first-order valence-corrected chi connectivity index (χ1v) is 7.94. The third-order valence-corrected chi connectivity index (χ3v) is 5.72. The van der Waals surface area contributed by atoms with Gasteiger partial charge in [0.05, 0.1) is 16.5 Å². The Morgan fingerprint density at radius 2 is 1.85 bits per heavy atom. The highest BCUT2D eigenvalue weighted by Gasteiger charge is 2.32. The fourth-order valence-corrected chi connectivity index (χ4v) is 3.47. The highest BCUT2D eigenvalue weighted by molar-refractivity contribution is 7.89. The second-order valence-electron chi connectivity index (χ2n) is 6.15. The second-order valence-corrected chi connectivity index (χ2v) is 8.15. The molecule has 5 heteroatoms. The van der Waals surface area contributed by atoms with Gasteiger partial charge in [0.15, 0.2) is 0 Å². The summed E-state index contributed by atoms with van der Waals surface area (Å²) in [5.74, 6) is 0. The van der Waals surface area contributed by atoms with Crippen LogP contribution >= 0.6 is 0 Å². The minimum atomic E-state index is -3.54. The highest BCUT2D eigenvalue weighted by atomic mass is 32.2.